The fraction of sp³-hybridized carbons (Fsp3) is 0.207. The molecule has 6 rings (SSSR count). The molecule has 3 aromatic carbocycles. The number of aryl methyl sites for hydroxylation is 1. The fourth-order valence-corrected chi connectivity index (χ4v) is 5.08. The molecule has 2 aliphatic rings. The zero-order valence-corrected chi connectivity index (χ0v) is 19.5. The van der Waals surface area contributed by atoms with Gasteiger partial charge in [0.25, 0.3) is 6.71 Å². The van der Waals surface area contributed by atoms with Crippen molar-refractivity contribution < 1.29 is 9.47 Å². The predicted molar refractivity (Wildman–Crippen MR) is 135 cm³/mol. The van der Waals surface area contributed by atoms with Gasteiger partial charge in [0.1, 0.15) is 23.0 Å². The van der Waals surface area contributed by atoms with Crippen molar-refractivity contribution in [1.82, 2.24) is 4.98 Å². The van der Waals surface area contributed by atoms with E-state index < -0.39 is 0 Å². The number of pyridine rings is 1. The number of hydrogen-bond donors (Lipinski definition) is 0. The van der Waals surface area contributed by atoms with Crippen molar-refractivity contribution >= 4 is 23.1 Å². The molecule has 3 nitrogen and oxygen atoms in total. The first kappa shape index (κ1) is 20.1. The normalized spacial score (nSPS) is 13.4. The van der Waals surface area contributed by atoms with Crippen LogP contribution in [0.25, 0.3) is 11.3 Å². The third-order valence-electron chi connectivity index (χ3n) is 6.54. The second-order valence-electron chi connectivity index (χ2n) is 10.3. The number of aromatic nitrogens is 1. The molecule has 4 aromatic rings. The van der Waals surface area contributed by atoms with Crippen LogP contribution in [0.4, 0.5) is 0 Å². The SMILES string of the molecule is Cc1cnc(-c2cccc3c2Oc2cccc4c2B3c2ccccc2O4)cc1CC(C)(C)C. The smallest absolute Gasteiger partial charge is 0.260 e. The Labute approximate surface area is 195 Å². The molecule has 4 heteroatoms. The minimum absolute atomic E-state index is 0.0735. The molecule has 0 bridgehead atoms. The van der Waals surface area contributed by atoms with Crippen molar-refractivity contribution in [2.45, 2.75) is 34.1 Å². The topological polar surface area (TPSA) is 31.4 Å². The summed E-state index contributed by atoms with van der Waals surface area (Å²) in [6.45, 7) is 9.04. The summed E-state index contributed by atoms with van der Waals surface area (Å²) in [5, 5.41) is 0. The van der Waals surface area contributed by atoms with Crippen LogP contribution in [0.1, 0.15) is 31.9 Å². The number of hydrogen-bond acceptors (Lipinski definition) is 3. The molecular weight excluding hydrogens is 405 g/mol. The van der Waals surface area contributed by atoms with Gasteiger partial charge in [-0.3, -0.25) is 4.98 Å². The zero-order valence-electron chi connectivity index (χ0n) is 19.5. The quantitative estimate of drug-likeness (QED) is 0.346. The van der Waals surface area contributed by atoms with Gasteiger partial charge in [-0.25, -0.2) is 0 Å². The third-order valence-corrected chi connectivity index (χ3v) is 6.54. The van der Waals surface area contributed by atoms with E-state index in [0.717, 1.165) is 51.6 Å². The molecule has 3 heterocycles. The van der Waals surface area contributed by atoms with Gasteiger partial charge in [0.15, 0.2) is 0 Å². The molecule has 0 aliphatic carbocycles. The van der Waals surface area contributed by atoms with E-state index in [1.165, 1.54) is 16.6 Å². The molecule has 33 heavy (non-hydrogen) atoms. The summed E-state index contributed by atoms with van der Waals surface area (Å²) in [5.41, 5.74) is 8.18. The summed E-state index contributed by atoms with van der Waals surface area (Å²) < 4.78 is 12.8. The number of nitrogens with zero attached hydrogens (tertiary/aromatic N) is 1. The highest BCUT2D eigenvalue weighted by molar-refractivity contribution is 6.98. The Morgan fingerprint density at radius 3 is 2.33 bits per heavy atom. The van der Waals surface area contributed by atoms with Crippen LogP contribution in [0.2, 0.25) is 0 Å². The summed E-state index contributed by atoms with van der Waals surface area (Å²) in [7, 11) is 0. The number of benzene rings is 3. The van der Waals surface area contributed by atoms with Gasteiger partial charge in [-0.15, -0.1) is 0 Å². The average Bonchev–Trinajstić information content (AvgIpc) is 2.79. The lowest BCUT2D eigenvalue weighted by Gasteiger charge is -2.33. The first-order chi connectivity index (χ1) is 15.9. The number of para-hydroxylation sites is 2. The Bertz CT molecular complexity index is 1400. The molecule has 0 unspecified atom stereocenters. The molecular formula is C29H26BNO2. The van der Waals surface area contributed by atoms with Gasteiger partial charge in [-0.05, 0) is 71.1 Å². The Morgan fingerprint density at radius 2 is 1.52 bits per heavy atom. The van der Waals surface area contributed by atoms with Crippen molar-refractivity contribution in [3.63, 3.8) is 0 Å². The molecule has 1 aromatic heterocycles. The first-order valence-corrected chi connectivity index (χ1v) is 11.6. The largest absolute Gasteiger partial charge is 0.458 e. The van der Waals surface area contributed by atoms with Crippen LogP contribution < -0.4 is 25.9 Å². The Kier molecular flexibility index (Phi) is 4.41. The van der Waals surface area contributed by atoms with E-state index >= 15 is 0 Å². The molecule has 0 amide bonds. The van der Waals surface area contributed by atoms with Gasteiger partial charge in [-0.1, -0.05) is 57.2 Å². The van der Waals surface area contributed by atoms with Crippen molar-refractivity contribution in [1.29, 1.82) is 0 Å². The van der Waals surface area contributed by atoms with Crippen LogP contribution >= 0.6 is 0 Å². The second-order valence-corrected chi connectivity index (χ2v) is 10.3. The highest BCUT2D eigenvalue weighted by Gasteiger charge is 2.40. The van der Waals surface area contributed by atoms with Crippen LogP contribution in [-0.4, -0.2) is 11.7 Å². The average molecular weight is 431 g/mol. The minimum Gasteiger partial charge on any atom is -0.458 e. The molecule has 0 spiro atoms. The summed E-state index contributed by atoms with van der Waals surface area (Å²) in [4.78, 5) is 4.83. The minimum atomic E-state index is 0.0735. The summed E-state index contributed by atoms with van der Waals surface area (Å²) in [6.07, 6.45) is 3.00. The molecule has 0 saturated carbocycles. The first-order valence-electron chi connectivity index (χ1n) is 11.6. The van der Waals surface area contributed by atoms with E-state index in [-0.39, 0.29) is 12.1 Å². The van der Waals surface area contributed by atoms with Crippen molar-refractivity contribution in [2.24, 2.45) is 5.41 Å². The van der Waals surface area contributed by atoms with Crippen LogP contribution in [0.15, 0.2) is 72.9 Å². The van der Waals surface area contributed by atoms with Crippen LogP contribution in [0, 0.1) is 12.3 Å². The molecule has 2 aliphatic heterocycles. The summed E-state index contributed by atoms with van der Waals surface area (Å²) in [6, 6.07) is 23.0. The van der Waals surface area contributed by atoms with E-state index in [1.807, 2.05) is 36.5 Å². The van der Waals surface area contributed by atoms with Gasteiger partial charge in [0.05, 0.1) is 5.69 Å². The van der Waals surface area contributed by atoms with Crippen LogP contribution in [-0.2, 0) is 6.42 Å². The summed E-state index contributed by atoms with van der Waals surface area (Å²) in [5.74, 6) is 3.52. The third kappa shape index (κ3) is 3.33. The van der Waals surface area contributed by atoms with E-state index in [1.54, 1.807) is 0 Å². The molecule has 162 valence electrons. The van der Waals surface area contributed by atoms with E-state index in [4.69, 9.17) is 14.5 Å². The molecule has 0 fully saturated rings. The predicted octanol–water partition coefficient (Wildman–Crippen LogP) is 5.37. The monoisotopic (exact) mass is 431 g/mol. The van der Waals surface area contributed by atoms with Gasteiger partial charge >= 0.3 is 0 Å². The van der Waals surface area contributed by atoms with Gasteiger partial charge in [0.2, 0.25) is 0 Å². The standard InChI is InChI=1S/C29H26BNO2/c1-18-17-31-23(15-19(18)16-29(2,3)4)20-9-7-11-22-28(20)33-26-14-8-13-25-27(26)30(22)21-10-5-6-12-24(21)32-25/h5-15,17H,16H2,1-4H3. The Balaban J connectivity index is 1.54. The number of ether oxygens (including phenoxy) is 2. The highest BCUT2D eigenvalue weighted by atomic mass is 16.5. The van der Waals surface area contributed by atoms with Crippen molar-refractivity contribution in [3.05, 3.63) is 84.1 Å². The molecule has 0 atom stereocenters. The maximum Gasteiger partial charge on any atom is 0.260 e. The maximum absolute atomic E-state index is 6.58. The lowest BCUT2D eigenvalue weighted by atomic mass is 9.34. The maximum atomic E-state index is 6.58. The molecule has 0 radical (unpaired) electrons. The highest BCUT2D eigenvalue weighted by Crippen LogP contribution is 2.38. The zero-order chi connectivity index (χ0) is 22.7. The van der Waals surface area contributed by atoms with Crippen LogP contribution in [0.3, 0.4) is 0 Å². The van der Waals surface area contributed by atoms with Crippen molar-refractivity contribution in [2.75, 3.05) is 0 Å². The van der Waals surface area contributed by atoms with E-state index in [2.05, 4.69) is 64.1 Å². The molecule has 0 N–H and O–H groups in total. The lowest BCUT2D eigenvalue weighted by molar-refractivity contribution is 0.410. The lowest BCUT2D eigenvalue weighted by Crippen LogP contribution is -2.57. The molecule has 0 saturated heterocycles. The second kappa shape index (κ2) is 7.24. The van der Waals surface area contributed by atoms with Crippen molar-refractivity contribution in [3.8, 4) is 34.3 Å². The van der Waals surface area contributed by atoms with E-state index in [9.17, 15) is 0 Å². The Morgan fingerprint density at radius 1 is 0.818 bits per heavy atom. The Hall–Kier alpha value is -3.53. The van der Waals surface area contributed by atoms with Gasteiger partial charge < -0.3 is 9.47 Å². The number of fused-ring (bicyclic) bond motifs is 4. The summed E-state index contributed by atoms with van der Waals surface area (Å²) >= 11 is 0. The van der Waals surface area contributed by atoms with E-state index in [0.29, 0.717) is 0 Å². The number of rotatable bonds is 2. The van der Waals surface area contributed by atoms with Gasteiger partial charge in [0, 0.05) is 17.2 Å². The van der Waals surface area contributed by atoms with Crippen LogP contribution in [0.5, 0.6) is 23.0 Å². The fourth-order valence-electron chi connectivity index (χ4n) is 5.08. The van der Waals surface area contributed by atoms with Gasteiger partial charge in [-0.2, -0.15) is 0 Å².